The molecule has 0 spiro atoms. The maximum atomic E-state index is 10.4. The molecule has 60 valence electrons. The Hall–Kier alpha value is -1.31. The summed E-state index contributed by atoms with van der Waals surface area (Å²) in [6.07, 6.45) is 7.00. The van der Waals surface area contributed by atoms with Gasteiger partial charge in [0.25, 0.3) is 0 Å². The van der Waals surface area contributed by atoms with Gasteiger partial charge in [0.2, 0.25) is 0 Å². The van der Waals surface area contributed by atoms with Crippen LogP contribution >= 0.6 is 0 Å². The van der Waals surface area contributed by atoms with Crippen molar-refractivity contribution in [3.63, 3.8) is 0 Å². The molecule has 0 aromatic rings. The van der Waals surface area contributed by atoms with Gasteiger partial charge in [-0.05, 0) is 6.42 Å². The molecule has 2 nitrogen and oxygen atoms in total. The van der Waals surface area contributed by atoms with Crippen LogP contribution in [0.1, 0.15) is 6.42 Å². The maximum absolute atomic E-state index is 10.4. The Labute approximate surface area is 66.5 Å². The summed E-state index contributed by atoms with van der Waals surface area (Å²) in [7, 11) is 0. The summed E-state index contributed by atoms with van der Waals surface area (Å²) in [4.78, 5) is 10.4. The molecule has 2 heteroatoms. The third-order valence-electron chi connectivity index (χ3n) is 1.26. The molecule has 0 saturated carbocycles. The number of hydrogen-bond acceptors (Lipinski definition) is 1. The van der Waals surface area contributed by atoms with Gasteiger partial charge in [0.15, 0.2) is 0 Å². The van der Waals surface area contributed by atoms with E-state index < -0.39 is 11.9 Å². The second-order valence-electron chi connectivity index (χ2n) is 2.08. The van der Waals surface area contributed by atoms with E-state index in [1.54, 1.807) is 18.2 Å². The Morgan fingerprint density at radius 3 is 2.55 bits per heavy atom. The van der Waals surface area contributed by atoms with Crippen LogP contribution in [-0.4, -0.2) is 11.1 Å². The Morgan fingerprint density at radius 2 is 2.18 bits per heavy atom. The Kier molecular flexibility index (Phi) is 4.82. The predicted octanol–water partition coefficient (Wildman–Crippen LogP) is 2.01. The van der Waals surface area contributed by atoms with Crippen molar-refractivity contribution < 1.29 is 9.90 Å². The van der Waals surface area contributed by atoms with Crippen molar-refractivity contribution in [2.45, 2.75) is 6.42 Å². The number of allylic oxidation sites excluding steroid dienone is 3. The molecular weight excluding hydrogens is 140 g/mol. The summed E-state index contributed by atoms with van der Waals surface area (Å²) >= 11 is 0. The van der Waals surface area contributed by atoms with Crippen molar-refractivity contribution in [2.24, 2.45) is 5.92 Å². The highest BCUT2D eigenvalue weighted by atomic mass is 16.4. The van der Waals surface area contributed by atoms with Crippen LogP contribution in [-0.2, 0) is 4.79 Å². The topological polar surface area (TPSA) is 37.3 Å². The minimum atomic E-state index is -0.839. The van der Waals surface area contributed by atoms with Crippen LogP contribution < -0.4 is 0 Å². The third-order valence-corrected chi connectivity index (χ3v) is 1.26. The van der Waals surface area contributed by atoms with Gasteiger partial charge in [-0.2, -0.15) is 0 Å². The highest BCUT2D eigenvalue weighted by molar-refractivity contribution is 5.72. The lowest BCUT2D eigenvalue weighted by molar-refractivity contribution is -0.139. The van der Waals surface area contributed by atoms with Crippen LogP contribution in [0.15, 0.2) is 37.5 Å². The molecule has 0 bridgehead atoms. The highest BCUT2D eigenvalue weighted by Gasteiger charge is 2.09. The van der Waals surface area contributed by atoms with E-state index in [1.165, 1.54) is 6.08 Å². The molecule has 0 heterocycles. The summed E-state index contributed by atoms with van der Waals surface area (Å²) in [6, 6.07) is 0. The van der Waals surface area contributed by atoms with Gasteiger partial charge < -0.3 is 5.11 Å². The zero-order chi connectivity index (χ0) is 8.69. The summed E-state index contributed by atoms with van der Waals surface area (Å²) < 4.78 is 0. The molecule has 1 unspecified atom stereocenters. The Bertz CT molecular complexity index is 180. The quantitative estimate of drug-likeness (QED) is 0.483. The van der Waals surface area contributed by atoms with Crippen LogP contribution in [0.5, 0.6) is 0 Å². The first-order valence-corrected chi connectivity index (χ1v) is 3.35. The van der Waals surface area contributed by atoms with Crippen LogP contribution in [0, 0.1) is 5.92 Å². The zero-order valence-electron chi connectivity index (χ0n) is 6.36. The number of rotatable bonds is 5. The second-order valence-corrected chi connectivity index (χ2v) is 2.08. The van der Waals surface area contributed by atoms with Crippen LogP contribution in [0.3, 0.4) is 0 Å². The van der Waals surface area contributed by atoms with E-state index in [4.69, 9.17) is 5.11 Å². The molecule has 0 aromatic heterocycles. The molecule has 0 rings (SSSR count). The summed E-state index contributed by atoms with van der Waals surface area (Å²) in [5.74, 6) is -1.32. The van der Waals surface area contributed by atoms with Gasteiger partial charge >= 0.3 is 5.97 Å². The van der Waals surface area contributed by atoms with Crippen molar-refractivity contribution >= 4 is 5.97 Å². The fourth-order valence-corrected chi connectivity index (χ4v) is 0.619. The van der Waals surface area contributed by atoms with E-state index in [0.29, 0.717) is 6.42 Å². The van der Waals surface area contributed by atoms with Crippen molar-refractivity contribution in [3.05, 3.63) is 37.5 Å². The van der Waals surface area contributed by atoms with Gasteiger partial charge in [0.1, 0.15) is 0 Å². The first-order valence-electron chi connectivity index (χ1n) is 3.35. The minimum Gasteiger partial charge on any atom is -0.481 e. The van der Waals surface area contributed by atoms with Crippen LogP contribution in [0.4, 0.5) is 0 Å². The number of carboxylic acids is 1. The zero-order valence-corrected chi connectivity index (χ0v) is 6.36. The third kappa shape index (κ3) is 4.14. The molecule has 0 radical (unpaired) electrons. The number of aliphatic carboxylic acids is 1. The lowest BCUT2D eigenvalue weighted by Crippen LogP contribution is -2.08. The summed E-state index contributed by atoms with van der Waals surface area (Å²) in [5, 5.41) is 8.54. The van der Waals surface area contributed by atoms with Gasteiger partial charge in [-0.3, -0.25) is 4.79 Å². The first kappa shape index (κ1) is 9.69. The minimum absolute atomic E-state index is 0.477. The van der Waals surface area contributed by atoms with Gasteiger partial charge in [0, 0.05) is 0 Å². The van der Waals surface area contributed by atoms with Crippen LogP contribution in [0.2, 0.25) is 0 Å². The molecule has 0 aliphatic rings. The maximum Gasteiger partial charge on any atom is 0.310 e. The van der Waals surface area contributed by atoms with E-state index in [-0.39, 0.29) is 0 Å². The summed E-state index contributed by atoms with van der Waals surface area (Å²) in [5.41, 5.74) is 0. The van der Waals surface area contributed by atoms with Crippen molar-refractivity contribution in [2.75, 3.05) is 0 Å². The average Bonchev–Trinajstić information content (AvgIpc) is 1.97. The number of carbonyl (C=O) groups is 1. The van der Waals surface area contributed by atoms with Gasteiger partial charge in [-0.25, -0.2) is 0 Å². The smallest absolute Gasteiger partial charge is 0.310 e. The monoisotopic (exact) mass is 152 g/mol. The van der Waals surface area contributed by atoms with E-state index in [2.05, 4.69) is 13.2 Å². The van der Waals surface area contributed by atoms with E-state index in [9.17, 15) is 4.79 Å². The largest absolute Gasteiger partial charge is 0.481 e. The highest BCUT2D eigenvalue weighted by Crippen LogP contribution is 2.04. The standard InChI is InChI=1S/C9H12O2/c1-3-5-6-7-8(4-2)9(10)11/h3-6,8H,1-2,7H2,(H,10,11). The molecule has 0 aliphatic heterocycles. The lowest BCUT2D eigenvalue weighted by Gasteiger charge is -2.00. The Balaban J connectivity index is 3.88. The summed E-state index contributed by atoms with van der Waals surface area (Å²) in [6.45, 7) is 6.89. The SMILES string of the molecule is C=CC=CCC(C=C)C(=O)O. The predicted molar refractivity (Wildman–Crippen MR) is 45.3 cm³/mol. The lowest BCUT2D eigenvalue weighted by atomic mass is 10.1. The van der Waals surface area contributed by atoms with Gasteiger partial charge in [-0.15, -0.1) is 6.58 Å². The number of hydrogen-bond donors (Lipinski definition) is 1. The molecule has 0 aromatic carbocycles. The molecule has 11 heavy (non-hydrogen) atoms. The molecule has 0 fully saturated rings. The molecule has 1 atom stereocenters. The van der Waals surface area contributed by atoms with E-state index >= 15 is 0 Å². The van der Waals surface area contributed by atoms with Gasteiger partial charge in [-0.1, -0.05) is 30.9 Å². The van der Waals surface area contributed by atoms with E-state index in [1.807, 2.05) is 0 Å². The molecule has 0 saturated heterocycles. The van der Waals surface area contributed by atoms with Crippen molar-refractivity contribution in [3.8, 4) is 0 Å². The average molecular weight is 152 g/mol. The fourth-order valence-electron chi connectivity index (χ4n) is 0.619. The van der Waals surface area contributed by atoms with Crippen LogP contribution in [0.25, 0.3) is 0 Å². The number of carboxylic acid groups (broad SMARTS) is 1. The molecule has 1 N–H and O–H groups in total. The molecule has 0 amide bonds. The van der Waals surface area contributed by atoms with Crippen molar-refractivity contribution in [1.29, 1.82) is 0 Å². The van der Waals surface area contributed by atoms with E-state index in [0.717, 1.165) is 0 Å². The first-order chi connectivity index (χ1) is 5.22. The Morgan fingerprint density at radius 1 is 1.55 bits per heavy atom. The molecule has 0 aliphatic carbocycles. The molecular formula is C9H12O2. The fraction of sp³-hybridized carbons (Fsp3) is 0.222. The van der Waals surface area contributed by atoms with Crippen molar-refractivity contribution in [1.82, 2.24) is 0 Å². The van der Waals surface area contributed by atoms with Gasteiger partial charge in [0.05, 0.1) is 5.92 Å². The normalized spacial score (nSPS) is 12.7. The second kappa shape index (κ2) is 5.47.